The maximum absolute atomic E-state index is 12.0. The first-order valence-electron chi connectivity index (χ1n) is 7.37. The van der Waals surface area contributed by atoms with E-state index in [2.05, 4.69) is 15.7 Å². The van der Waals surface area contributed by atoms with Crippen LogP contribution in [0.4, 0.5) is 0 Å². The predicted octanol–water partition coefficient (Wildman–Crippen LogP) is -1.92. The first-order chi connectivity index (χ1) is 11.3. The summed E-state index contributed by atoms with van der Waals surface area (Å²) in [6.07, 6.45) is 1.87. The molecule has 1 aromatic heterocycles. The summed E-state index contributed by atoms with van der Waals surface area (Å²) >= 11 is 0. The molecule has 1 aromatic rings. The van der Waals surface area contributed by atoms with Crippen LogP contribution in [-0.2, 0) is 20.9 Å². The van der Waals surface area contributed by atoms with Gasteiger partial charge in [-0.3, -0.25) is 23.9 Å². The van der Waals surface area contributed by atoms with Gasteiger partial charge in [-0.25, -0.2) is 0 Å². The lowest BCUT2D eigenvalue weighted by atomic mass is 10.2. The molecule has 0 saturated carbocycles. The van der Waals surface area contributed by atoms with Crippen LogP contribution in [0.1, 0.15) is 23.8 Å². The van der Waals surface area contributed by atoms with Crippen molar-refractivity contribution >= 4 is 23.6 Å². The van der Waals surface area contributed by atoms with Crippen LogP contribution in [-0.4, -0.2) is 65.0 Å². The maximum atomic E-state index is 12.0. The Morgan fingerprint density at radius 1 is 1.38 bits per heavy atom. The number of aromatic nitrogens is 2. The number of nitrogens with one attached hydrogen (secondary N) is 2. The Balaban J connectivity index is 2.58. The van der Waals surface area contributed by atoms with Gasteiger partial charge in [0, 0.05) is 20.3 Å². The Bertz CT molecular complexity index is 627. The lowest BCUT2D eigenvalue weighted by molar-refractivity contribution is -0.137. The summed E-state index contributed by atoms with van der Waals surface area (Å²) in [5, 5.41) is 8.81. The number of nitrogens with two attached hydrogens (primary N) is 1. The first kappa shape index (κ1) is 19.1. The molecule has 4 amide bonds. The molecule has 10 heteroatoms. The molecule has 0 saturated heterocycles. The van der Waals surface area contributed by atoms with Gasteiger partial charge in [0.05, 0.1) is 6.54 Å². The zero-order chi connectivity index (χ0) is 18.3. The van der Waals surface area contributed by atoms with Crippen LogP contribution in [0.25, 0.3) is 0 Å². The number of primary amides is 1. The molecule has 0 aromatic carbocycles. The highest BCUT2D eigenvalue weighted by Crippen LogP contribution is 2.01. The van der Waals surface area contributed by atoms with Gasteiger partial charge in [0.1, 0.15) is 18.3 Å². The normalized spacial score (nSPS) is 11.5. The number of carbonyl (C=O) groups excluding carboxylic acids is 4. The van der Waals surface area contributed by atoms with E-state index in [-0.39, 0.29) is 24.7 Å². The van der Waals surface area contributed by atoms with Gasteiger partial charge in [0.2, 0.25) is 17.7 Å². The second-order valence-corrected chi connectivity index (χ2v) is 5.09. The van der Waals surface area contributed by atoms with Crippen LogP contribution in [0.2, 0.25) is 0 Å². The van der Waals surface area contributed by atoms with Crippen LogP contribution in [0, 0.1) is 0 Å². The maximum Gasteiger partial charge on any atom is 0.272 e. The number of likely N-dealkylation sites (N-methyl/N-ethyl adjacent to an activating group) is 2. The van der Waals surface area contributed by atoms with Gasteiger partial charge in [-0.15, -0.1) is 0 Å². The van der Waals surface area contributed by atoms with E-state index >= 15 is 0 Å². The highest BCUT2D eigenvalue weighted by molar-refractivity contribution is 5.95. The molecule has 4 N–H and O–H groups in total. The van der Waals surface area contributed by atoms with Crippen molar-refractivity contribution in [3.63, 3.8) is 0 Å². The Labute approximate surface area is 139 Å². The van der Waals surface area contributed by atoms with Crippen LogP contribution >= 0.6 is 0 Å². The van der Waals surface area contributed by atoms with Crippen molar-refractivity contribution in [1.29, 1.82) is 0 Å². The Kier molecular flexibility index (Phi) is 6.90. The molecule has 10 nitrogen and oxygen atoms in total. The number of amides is 4. The topological polar surface area (TPSA) is 139 Å². The van der Waals surface area contributed by atoms with Gasteiger partial charge < -0.3 is 21.3 Å². The molecule has 1 heterocycles. The third-order valence-corrected chi connectivity index (χ3v) is 3.43. The predicted molar refractivity (Wildman–Crippen MR) is 84.7 cm³/mol. The zero-order valence-corrected chi connectivity index (χ0v) is 13.9. The molecular formula is C14H22N6O4. The lowest BCUT2D eigenvalue weighted by Crippen LogP contribution is -2.48. The molecule has 1 rings (SSSR count). The number of carbonyl (C=O) groups is 4. The second kappa shape index (κ2) is 8.65. The molecule has 132 valence electrons. The summed E-state index contributed by atoms with van der Waals surface area (Å²) in [6.45, 7) is 1.43. The molecule has 0 fully saturated rings. The molecule has 1 atom stereocenters. The van der Waals surface area contributed by atoms with Crippen LogP contribution in [0.15, 0.2) is 12.3 Å². The fraction of sp³-hybridized carbons (Fsp3) is 0.500. The number of nitrogens with zero attached hydrogens (tertiary/aromatic N) is 3. The van der Waals surface area contributed by atoms with Crippen molar-refractivity contribution in [2.24, 2.45) is 5.73 Å². The Hall–Kier alpha value is -2.91. The van der Waals surface area contributed by atoms with Crippen LogP contribution in [0.5, 0.6) is 0 Å². The standard InChI is InChI=1S/C14H22N6O4/c1-4-10(13(15)23)19(3)12(22)7-17-14(24)9-5-6-20(18-9)8-11(21)16-2/h5-6,10H,4,7-8H2,1-3H3,(H2,15,23)(H,16,21)(H,17,24). The number of hydrogen-bond acceptors (Lipinski definition) is 5. The van der Waals surface area contributed by atoms with Crippen LogP contribution < -0.4 is 16.4 Å². The summed E-state index contributed by atoms with van der Waals surface area (Å²) in [4.78, 5) is 47.6. The smallest absolute Gasteiger partial charge is 0.272 e. The molecule has 0 spiro atoms. The van der Waals surface area contributed by atoms with Gasteiger partial charge >= 0.3 is 0 Å². The third-order valence-electron chi connectivity index (χ3n) is 3.43. The lowest BCUT2D eigenvalue weighted by Gasteiger charge is -2.24. The van der Waals surface area contributed by atoms with Crippen molar-refractivity contribution in [3.8, 4) is 0 Å². The highest BCUT2D eigenvalue weighted by atomic mass is 16.2. The van der Waals surface area contributed by atoms with Crippen LogP contribution in [0.3, 0.4) is 0 Å². The molecule has 0 bridgehead atoms. The summed E-state index contributed by atoms with van der Waals surface area (Å²) in [6, 6.07) is 0.714. The highest BCUT2D eigenvalue weighted by Gasteiger charge is 2.23. The minimum atomic E-state index is -0.721. The van der Waals surface area contributed by atoms with Gasteiger partial charge in [0.15, 0.2) is 0 Å². The largest absolute Gasteiger partial charge is 0.368 e. The van der Waals surface area contributed by atoms with Crippen molar-refractivity contribution in [1.82, 2.24) is 25.3 Å². The molecule has 24 heavy (non-hydrogen) atoms. The van der Waals surface area contributed by atoms with E-state index in [1.807, 2.05) is 0 Å². The second-order valence-electron chi connectivity index (χ2n) is 5.09. The average molecular weight is 338 g/mol. The van der Waals surface area contributed by atoms with E-state index in [0.29, 0.717) is 6.42 Å². The van der Waals surface area contributed by atoms with Gasteiger partial charge in [-0.2, -0.15) is 5.10 Å². The van der Waals surface area contributed by atoms with E-state index in [1.54, 1.807) is 6.92 Å². The molecule has 0 aliphatic carbocycles. The molecule has 0 radical (unpaired) electrons. The first-order valence-corrected chi connectivity index (χ1v) is 7.37. The van der Waals surface area contributed by atoms with Crippen molar-refractivity contribution in [2.75, 3.05) is 20.6 Å². The number of rotatable bonds is 8. The minimum absolute atomic E-state index is 0.0117. The number of hydrogen-bond donors (Lipinski definition) is 3. The van der Waals surface area contributed by atoms with Gasteiger partial charge in [0.25, 0.3) is 5.91 Å². The fourth-order valence-electron chi connectivity index (χ4n) is 2.01. The van der Waals surface area contributed by atoms with Crippen molar-refractivity contribution in [3.05, 3.63) is 18.0 Å². The monoisotopic (exact) mass is 338 g/mol. The van der Waals surface area contributed by atoms with Gasteiger partial charge in [-0.1, -0.05) is 6.92 Å². The summed E-state index contributed by atoms with van der Waals surface area (Å²) in [5.74, 6) is -1.86. The van der Waals surface area contributed by atoms with E-state index in [1.165, 1.54) is 35.9 Å². The summed E-state index contributed by atoms with van der Waals surface area (Å²) in [7, 11) is 2.95. The van der Waals surface area contributed by atoms with E-state index in [9.17, 15) is 19.2 Å². The SMILES string of the molecule is CCC(C(N)=O)N(C)C(=O)CNC(=O)c1ccn(CC(=O)NC)n1. The average Bonchev–Trinajstić information content (AvgIpc) is 3.00. The van der Waals surface area contributed by atoms with Crippen molar-refractivity contribution in [2.45, 2.75) is 25.9 Å². The van der Waals surface area contributed by atoms with E-state index in [4.69, 9.17) is 5.73 Å². The molecule has 0 aliphatic heterocycles. The molecular weight excluding hydrogens is 316 g/mol. The zero-order valence-electron chi connectivity index (χ0n) is 13.9. The molecule has 1 unspecified atom stereocenters. The third kappa shape index (κ3) is 5.07. The Morgan fingerprint density at radius 3 is 2.58 bits per heavy atom. The fourth-order valence-corrected chi connectivity index (χ4v) is 2.01. The quantitative estimate of drug-likeness (QED) is 0.507. The molecule has 0 aliphatic rings. The minimum Gasteiger partial charge on any atom is -0.368 e. The summed E-state index contributed by atoms with van der Waals surface area (Å²) in [5.41, 5.74) is 5.30. The van der Waals surface area contributed by atoms with Crippen molar-refractivity contribution < 1.29 is 19.2 Å². The van der Waals surface area contributed by atoms with Gasteiger partial charge in [-0.05, 0) is 12.5 Å². The summed E-state index contributed by atoms with van der Waals surface area (Å²) < 4.78 is 1.31. The van der Waals surface area contributed by atoms with E-state index in [0.717, 1.165) is 0 Å². The Morgan fingerprint density at radius 2 is 2.04 bits per heavy atom. The van der Waals surface area contributed by atoms with E-state index < -0.39 is 23.8 Å².